The molecular formula is C17H15NO5. The number of methoxy groups -OCH3 is 1. The van der Waals surface area contributed by atoms with Gasteiger partial charge in [-0.2, -0.15) is 0 Å². The predicted molar refractivity (Wildman–Crippen MR) is 83.2 cm³/mol. The van der Waals surface area contributed by atoms with E-state index in [1.165, 1.54) is 7.11 Å². The fourth-order valence-corrected chi connectivity index (χ4v) is 2.23. The lowest BCUT2D eigenvalue weighted by molar-refractivity contribution is 0.0600. The summed E-state index contributed by atoms with van der Waals surface area (Å²) in [6, 6.07) is 11.5. The van der Waals surface area contributed by atoms with Crippen LogP contribution in [0.1, 0.15) is 20.7 Å². The predicted octanol–water partition coefficient (Wildman–Crippen LogP) is 2.50. The van der Waals surface area contributed by atoms with Crippen molar-refractivity contribution in [3.8, 4) is 11.5 Å². The summed E-state index contributed by atoms with van der Waals surface area (Å²) in [6.45, 7) is 0.956. The van der Waals surface area contributed by atoms with E-state index in [1.54, 1.807) is 42.5 Å². The molecular weight excluding hydrogens is 298 g/mol. The molecule has 1 aliphatic heterocycles. The molecule has 0 fully saturated rings. The van der Waals surface area contributed by atoms with Gasteiger partial charge in [-0.05, 0) is 36.4 Å². The molecule has 2 aromatic carbocycles. The molecule has 118 valence electrons. The quantitative estimate of drug-likeness (QED) is 0.881. The zero-order valence-corrected chi connectivity index (χ0v) is 12.5. The van der Waals surface area contributed by atoms with Crippen molar-refractivity contribution in [1.82, 2.24) is 0 Å². The van der Waals surface area contributed by atoms with E-state index in [0.29, 0.717) is 41.5 Å². The maximum Gasteiger partial charge on any atom is 0.337 e. The first-order chi connectivity index (χ1) is 11.2. The topological polar surface area (TPSA) is 73.9 Å². The highest BCUT2D eigenvalue weighted by atomic mass is 16.6. The third-order valence-corrected chi connectivity index (χ3v) is 3.35. The van der Waals surface area contributed by atoms with Crippen LogP contribution >= 0.6 is 0 Å². The fraction of sp³-hybridized carbons (Fsp3) is 0.176. The minimum atomic E-state index is -0.458. The summed E-state index contributed by atoms with van der Waals surface area (Å²) in [5, 5.41) is 2.74. The van der Waals surface area contributed by atoms with Crippen molar-refractivity contribution in [1.29, 1.82) is 0 Å². The number of amides is 1. The van der Waals surface area contributed by atoms with Crippen LogP contribution in [0.2, 0.25) is 0 Å². The van der Waals surface area contributed by atoms with E-state index < -0.39 is 5.97 Å². The molecule has 0 radical (unpaired) electrons. The van der Waals surface area contributed by atoms with Crippen LogP contribution in [0.3, 0.4) is 0 Å². The van der Waals surface area contributed by atoms with Crippen LogP contribution < -0.4 is 14.8 Å². The van der Waals surface area contributed by atoms with Crippen LogP contribution in [-0.4, -0.2) is 32.2 Å². The Balaban J connectivity index is 1.78. The smallest absolute Gasteiger partial charge is 0.337 e. The third kappa shape index (κ3) is 3.26. The Labute approximate surface area is 133 Å². The SMILES string of the molecule is COC(=O)c1cccc(NC(=O)c2ccc3c(c2)OCCO3)c1. The molecule has 1 aliphatic rings. The van der Waals surface area contributed by atoms with Crippen LogP contribution in [0.4, 0.5) is 5.69 Å². The van der Waals surface area contributed by atoms with Gasteiger partial charge in [0, 0.05) is 11.3 Å². The van der Waals surface area contributed by atoms with E-state index >= 15 is 0 Å². The second-order valence-corrected chi connectivity index (χ2v) is 4.88. The Bertz CT molecular complexity index is 756. The molecule has 0 saturated heterocycles. The number of nitrogens with one attached hydrogen (secondary N) is 1. The summed E-state index contributed by atoms with van der Waals surface area (Å²) in [5.41, 5.74) is 1.32. The number of carbonyl (C=O) groups excluding carboxylic acids is 2. The summed E-state index contributed by atoms with van der Waals surface area (Å²) in [7, 11) is 1.31. The molecule has 0 atom stereocenters. The van der Waals surface area contributed by atoms with Crippen LogP contribution in [0.5, 0.6) is 11.5 Å². The number of carbonyl (C=O) groups is 2. The van der Waals surface area contributed by atoms with Crippen molar-refractivity contribution in [2.45, 2.75) is 0 Å². The van der Waals surface area contributed by atoms with Crippen molar-refractivity contribution in [2.75, 3.05) is 25.6 Å². The van der Waals surface area contributed by atoms with Crippen molar-refractivity contribution < 1.29 is 23.8 Å². The number of rotatable bonds is 3. The van der Waals surface area contributed by atoms with Gasteiger partial charge in [-0.15, -0.1) is 0 Å². The molecule has 0 aromatic heterocycles. The van der Waals surface area contributed by atoms with Crippen molar-refractivity contribution in [3.05, 3.63) is 53.6 Å². The summed E-state index contributed by atoms with van der Waals surface area (Å²) < 4.78 is 15.5. The van der Waals surface area contributed by atoms with E-state index in [1.807, 2.05) is 0 Å². The van der Waals surface area contributed by atoms with Gasteiger partial charge in [0.2, 0.25) is 0 Å². The second-order valence-electron chi connectivity index (χ2n) is 4.88. The molecule has 1 N–H and O–H groups in total. The molecule has 0 unspecified atom stereocenters. The van der Waals surface area contributed by atoms with Gasteiger partial charge in [-0.3, -0.25) is 4.79 Å². The number of hydrogen-bond acceptors (Lipinski definition) is 5. The molecule has 0 saturated carbocycles. The second kappa shape index (κ2) is 6.39. The highest BCUT2D eigenvalue weighted by Crippen LogP contribution is 2.31. The summed E-state index contributed by atoms with van der Waals surface area (Å²) >= 11 is 0. The molecule has 2 aromatic rings. The number of benzene rings is 2. The van der Waals surface area contributed by atoms with E-state index in [4.69, 9.17) is 9.47 Å². The molecule has 1 heterocycles. The van der Waals surface area contributed by atoms with Crippen LogP contribution in [0.25, 0.3) is 0 Å². The zero-order valence-electron chi connectivity index (χ0n) is 12.5. The molecule has 6 nitrogen and oxygen atoms in total. The largest absolute Gasteiger partial charge is 0.486 e. The molecule has 3 rings (SSSR count). The average Bonchev–Trinajstić information content (AvgIpc) is 2.60. The molecule has 1 amide bonds. The van der Waals surface area contributed by atoms with E-state index in [0.717, 1.165) is 0 Å². The van der Waals surface area contributed by atoms with Gasteiger partial charge in [0.05, 0.1) is 12.7 Å². The number of esters is 1. The van der Waals surface area contributed by atoms with E-state index in [2.05, 4.69) is 10.1 Å². The molecule has 0 aliphatic carbocycles. The first kappa shape index (κ1) is 14.9. The highest BCUT2D eigenvalue weighted by molar-refractivity contribution is 6.05. The first-order valence-electron chi connectivity index (χ1n) is 7.07. The number of anilines is 1. The highest BCUT2D eigenvalue weighted by Gasteiger charge is 2.15. The standard InChI is InChI=1S/C17H15NO5/c1-21-17(20)12-3-2-4-13(9-12)18-16(19)11-5-6-14-15(10-11)23-8-7-22-14/h2-6,9-10H,7-8H2,1H3,(H,18,19). The van der Waals surface area contributed by atoms with Crippen molar-refractivity contribution in [2.24, 2.45) is 0 Å². The lowest BCUT2D eigenvalue weighted by atomic mass is 10.1. The van der Waals surface area contributed by atoms with Gasteiger partial charge in [-0.1, -0.05) is 6.07 Å². The Hall–Kier alpha value is -3.02. The molecule has 0 spiro atoms. The van der Waals surface area contributed by atoms with Gasteiger partial charge in [0.15, 0.2) is 11.5 Å². The lowest BCUT2D eigenvalue weighted by Gasteiger charge is -2.18. The summed E-state index contributed by atoms with van der Waals surface area (Å²) in [5.74, 6) is 0.414. The Morgan fingerprint density at radius 3 is 2.57 bits per heavy atom. The molecule has 6 heteroatoms. The Morgan fingerprint density at radius 2 is 1.78 bits per heavy atom. The molecule has 0 bridgehead atoms. The van der Waals surface area contributed by atoms with Crippen LogP contribution in [-0.2, 0) is 4.74 Å². The van der Waals surface area contributed by atoms with Crippen LogP contribution in [0.15, 0.2) is 42.5 Å². The van der Waals surface area contributed by atoms with Gasteiger partial charge in [0.1, 0.15) is 13.2 Å². The van der Waals surface area contributed by atoms with Gasteiger partial charge in [0.25, 0.3) is 5.91 Å². The summed E-state index contributed by atoms with van der Waals surface area (Å²) in [4.78, 5) is 23.8. The van der Waals surface area contributed by atoms with Crippen molar-refractivity contribution in [3.63, 3.8) is 0 Å². The maximum atomic E-state index is 12.3. The Morgan fingerprint density at radius 1 is 1.00 bits per heavy atom. The van der Waals surface area contributed by atoms with E-state index in [9.17, 15) is 9.59 Å². The zero-order chi connectivity index (χ0) is 16.2. The minimum Gasteiger partial charge on any atom is -0.486 e. The van der Waals surface area contributed by atoms with Crippen LogP contribution in [0, 0.1) is 0 Å². The van der Waals surface area contributed by atoms with Crippen molar-refractivity contribution >= 4 is 17.6 Å². The third-order valence-electron chi connectivity index (χ3n) is 3.35. The fourth-order valence-electron chi connectivity index (χ4n) is 2.23. The average molecular weight is 313 g/mol. The maximum absolute atomic E-state index is 12.3. The van der Waals surface area contributed by atoms with E-state index in [-0.39, 0.29) is 5.91 Å². The van der Waals surface area contributed by atoms with Gasteiger partial charge < -0.3 is 19.5 Å². The lowest BCUT2D eigenvalue weighted by Crippen LogP contribution is -2.17. The number of ether oxygens (including phenoxy) is 3. The van der Waals surface area contributed by atoms with Gasteiger partial charge in [-0.25, -0.2) is 4.79 Å². The van der Waals surface area contributed by atoms with Gasteiger partial charge >= 0.3 is 5.97 Å². The number of fused-ring (bicyclic) bond motifs is 1. The summed E-state index contributed by atoms with van der Waals surface area (Å²) in [6.07, 6.45) is 0. The monoisotopic (exact) mass is 313 g/mol. The Kier molecular flexibility index (Phi) is 4.14. The number of hydrogen-bond donors (Lipinski definition) is 1. The first-order valence-corrected chi connectivity index (χ1v) is 7.07. The molecule has 23 heavy (non-hydrogen) atoms. The minimum absolute atomic E-state index is 0.302. The normalized spacial score (nSPS) is 12.4.